The smallest absolute Gasteiger partial charge is 0.234 e. The van der Waals surface area contributed by atoms with Gasteiger partial charge in [0, 0.05) is 24.6 Å². The van der Waals surface area contributed by atoms with Crippen LogP contribution in [0.1, 0.15) is 29.3 Å². The van der Waals surface area contributed by atoms with Gasteiger partial charge in [-0.3, -0.25) is 9.69 Å². The van der Waals surface area contributed by atoms with E-state index in [9.17, 15) is 9.18 Å². The highest BCUT2D eigenvalue weighted by molar-refractivity contribution is 7.18. The van der Waals surface area contributed by atoms with Gasteiger partial charge in [0.15, 0.2) is 0 Å². The predicted octanol–water partition coefficient (Wildman–Crippen LogP) is 3.93. The number of carbonyl (C=O) groups excluding carboxylic acids is 1. The van der Waals surface area contributed by atoms with Crippen molar-refractivity contribution in [1.29, 1.82) is 0 Å². The molecule has 0 radical (unpaired) electrons. The normalized spacial score (nSPS) is 17.9. The van der Waals surface area contributed by atoms with E-state index in [2.05, 4.69) is 16.3 Å². The quantitative estimate of drug-likeness (QED) is 0.726. The average Bonchev–Trinajstić information content (AvgIpc) is 3.12. The average molecular weight is 383 g/mol. The molecule has 1 saturated heterocycles. The summed E-state index contributed by atoms with van der Waals surface area (Å²) >= 11 is 1.75. The molecule has 0 spiro atoms. The Morgan fingerprint density at radius 2 is 2.04 bits per heavy atom. The molecule has 1 fully saturated rings. The lowest BCUT2D eigenvalue weighted by atomic mass is 9.99. The number of fused-ring (bicyclic) bond motifs is 1. The van der Waals surface area contributed by atoms with Crippen molar-refractivity contribution in [2.45, 2.75) is 25.3 Å². The van der Waals surface area contributed by atoms with E-state index in [1.807, 2.05) is 18.2 Å². The van der Waals surface area contributed by atoms with Crippen molar-refractivity contribution in [2.75, 3.05) is 19.6 Å². The molecule has 0 bridgehead atoms. The number of para-hydroxylation sites is 1. The van der Waals surface area contributed by atoms with Crippen molar-refractivity contribution in [1.82, 2.24) is 15.2 Å². The Balaban J connectivity index is 1.34. The van der Waals surface area contributed by atoms with Crippen LogP contribution in [-0.4, -0.2) is 35.4 Å². The fourth-order valence-electron chi connectivity index (χ4n) is 3.56. The van der Waals surface area contributed by atoms with Crippen LogP contribution in [0.2, 0.25) is 0 Å². The summed E-state index contributed by atoms with van der Waals surface area (Å²) in [6.45, 7) is 2.32. The van der Waals surface area contributed by atoms with Crippen LogP contribution in [0, 0.1) is 5.82 Å². The Kier molecular flexibility index (Phi) is 5.45. The summed E-state index contributed by atoms with van der Waals surface area (Å²) in [4.78, 5) is 19.3. The molecule has 1 aliphatic rings. The van der Waals surface area contributed by atoms with Gasteiger partial charge in [-0.2, -0.15) is 0 Å². The van der Waals surface area contributed by atoms with E-state index in [0.29, 0.717) is 18.0 Å². The summed E-state index contributed by atoms with van der Waals surface area (Å²) in [7, 11) is 0. The van der Waals surface area contributed by atoms with Crippen molar-refractivity contribution in [3.8, 4) is 0 Å². The van der Waals surface area contributed by atoms with Crippen LogP contribution in [0.15, 0.2) is 48.5 Å². The highest BCUT2D eigenvalue weighted by Gasteiger charge is 2.25. The van der Waals surface area contributed by atoms with Gasteiger partial charge in [0.25, 0.3) is 0 Å². The third-order valence-corrected chi connectivity index (χ3v) is 6.17. The molecule has 0 aliphatic carbocycles. The highest BCUT2D eigenvalue weighted by Crippen LogP contribution is 2.32. The molecule has 1 aromatic heterocycles. The maximum absolute atomic E-state index is 13.7. The first-order valence-corrected chi connectivity index (χ1v) is 10.1. The lowest BCUT2D eigenvalue weighted by molar-refractivity contribution is -0.122. The van der Waals surface area contributed by atoms with Crippen molar-refractivity contribution in [2.24, 2.45) is 0 Å². The number of aromatic nitrogens is 1. The Hall–Kier alpha value is -2.31. The third kappa shape index (κ3) is 4.34. The fraction of sp³-hybridized carbons (Fsp3) is 0.333. The predicted molar refractivity (Wildman–Crippen MR) is 106 cm³/mol. The standard InChI is InChI=1S/C21H22FN3OS/c22-17-8-2-1-6-15(17)12-23-20(26)14-25-11-5-7-16(13-25)21-24-18-9-3-4-10-19(18)27-21/h1-4,6,8-10,16H,5,7,11-14H2,(H,23,26)/t16-/m0/s1. The Morgan fingerprint density at radius 3 is 2.89 bits per heavy atom. The second-order valence-electron chi connectivity index (χ2n) is 6.96. The Labute approximate surface area is 162 Å². The maximum Gasteiger partial charge on any atom is 0.234 e. The van der Waals surface area contributed by atoms with Crippen molar-refractivity contribution < 1.29 is 9.18 Å². The number of carbonyl (C=O) groups is 1. The number of benzene rings is 2. The zero-order chi connectivity index (χ0) is 18.6. The maximum atomic E-state index is 13.7. The van der Waals surface area contributed by atoms with Crippen LogP contribution in [0.4, 0.5) is 4.39 Å². The molecule has 6 heteroatoms. The number of nitrogens with one attached hydrogen (secondary N) is 1. The summed E-state index contributed by atoms with van der Waals surface area (Å²) < 4.78 is 14.9. The molecule has 27 heavy (non-hydrogen) atoms. The van der Waals surface area contributed by atoms with E-state index in [1.54, 1.807) is 29.5 Å². The van der Waals surface area contributed by atoms with Gasteiger partial charge >= 0.3 is 0 Å². The van der Waals surface area contributed by atoms with Gasteiger partial charge in [0.2, 0.25) is 5.91 Å². The Bertz CT molecular complexity index is 909. The molecular weight excluding hydrogens is 361 g/mol. The molecule has 0 saturated carbocycles. The van der Waals surface area contributed by atoms with Crippen LogP contribution < -0.4 is 5.32 Å². The number of hydrogen-bond donors (Lipinski definition) is 1. The van der Waals surface area contributed by atoms with Gasteiger partial charge in [-0.25, -0.2) is 9.37 Å². The summed E-state index contributed by atoms with van der Waals surface area (Å²) in [5, 5.41) is 3.99. The fourth-order valence-corrected chi connectivity index (χ4v) is 4.65. The molecule has 140 valence electrons. The van der Waals surface area contributed by atoms with Gasteiger partial charge in [-0.15, -0.1) is 11.3 Å². The molecule has 1 amide bonds. The summed E-state index contributed by atoms with van der Waals surface area (Å²) in [6.07, 6.45) is 2.16. The highest BCUT2D eigenvalue weighted by atomic mass is 32.1. The van der Waals surface area contributed by atoms with Crippen LogP contribution in [-0.2, 0) is 11.3 Å². The number of hydrogen-bond acceptors (Lipinski definition) is 4. The minimum atomic E-state index is -0.285. The van der Waals surface area contributed by atoms with E-state index < -0.39 is 0 Å². The molecule has 2 aromatic carbocycles. The molecule has 4 nitrogen and oxygen atoms in total. The largest absolute Gasteiger partial charge is 0.351 e. The second kappa shape index (κ2) is 8.15. The number of likely N-dealkylation sites (tertiary alicyclic amines) is 1. The minimum absolute atomic E-state index is 0.0665. The molecule has 1 atom stereocenters. The second-order valence-corrected chi connectivity index (χ2v) is 8.02. The zero-order valence-electron chi connectivity index (χ0n) is 15.0. The number of halogens is 1. The number of thiazole rings is 1. The first-order valence-electron chi connectivity index (χ1n) is 9.27. The van der Waals surface area contributed by atoms with Gasteiger partial charge < -0.3 is 5.32 Å². The van der Waals surface area contributed by atoms with Crippen LogP contribution in [0.5, 0.6) is 0 Å². The SMILES string of the molecule is O=C(CN1CCC[C@H](c2nc3ccccc3s2)C1)NCc1ccccc1F. The van der Waals surface area contributed by atoms with Crippen molar-refractivity contribution >= 4 is 27.5 Å². The minimum Gasteiger partial charge on any atom is -0.351 e. The van der Waals surface area contributed by atoms with Gasteiger partial charge in [0.1, 0.15) is 5.82 Å². The van der Waals surface area contributed by atoms with Crippen LogP contribution in [0.25, 0.3) is 10.2 Å². The van der Waals surface area contributed by atoms with E-state index in [-0.39, 0.29) is 18.3 Å². The number of nitrogens with zero attached hydrogens (tertiary/aromatic N) is 2. The first-order chi connectivity index (χ1) is 13.2. The lowest BCUT2D eigenvalue weighted by Gasteiger charge is -2.31. The lowest BCUT2D eigenvalue weighted by Crippen LogP contribution is -2.41. The van der Waals surface area contributed by atoms with Gasteiger partial charge in [-0.05, 0) is 37.6 Å². The molecule has 0 unspecified atom stereocenters. The summed E-state index contributed by atoms with van der Waals surface area (Å²) in [6, 6.07) is 14.7. The van der Waals surface area contributed by atoms with Gasteiger partial charge in [0.05, 0.1) is 21.8 Å². The monoisotopic (exact) mass is 383 g/mol. The van der Waals surface area contributed by atoms with Crippen molar-refractivity contribution in [3.63, 3.8) is 0 Å². The molecular formula is C21H22FN3OS. The molecule has 1 aliphatic heterocycles. The van der Waals surface area contributed by atoms with E-state index in [0.717, 1.165) is 36.5 Å². The summed E-state index contributed by atoms with van der Waals surface area (Å²) in [5.74, 6) is 0.0189. The molecule has 3 aromatic rings. The van der Waals surface area contributed by atoms with E-state index >= 15 is 0 Å². The molecule has 4 rings (SSSR count). The number of amides is 1. The van der Waals surface area contributed by atoms with Crippen LogP contribution >= 0.6 is 11.3 Å². The topological polar surface area (TPSA) is 45.2 Å². The number of piperidine rings is 1. The van der Waals surface area contributed by atoms with Crippen LogP contribution in [0.3, 0.4) is 0 Å². The first kappa shape index (κ1) is 18.1. The van der Waals surface area contributed by atoms with Gasteiger partial charge in [-0.1, -0.05) is 30.3 Å². The van der Waals surface area contributed by atoms with E-state index in [4.69, 9.17) is 4.98 Å². The molecule has 1 N–H and O–H groups in total. The van der Waals surface area contributed by atoms with E-state index in [1.165, 1.54) is 10.8 Å². The third-order valence-electron chi connectivity index (χ3n) is 4.97. The Morgan fingerprint density at radius 1 is 1.22 bits per heavy atom. The number of rotatable bonds is 5. The summed E-state index contributed by atoms with van der Waals surface area (Å²) in [5.41, 5.74) is 1.56. The van der Waals surface area contributed by atoms with Crippen molar-refractivity contribution in [3.05, 3.63) is 64.9 Å². The zero-order valence-corrected chi connectivity index (χ0v) is 15.8. The molecule has 2 heterocycles.